The molecule has 3 nitrogen and oxygen atoms in total. The highest BCUT2D eigenvalue weighted by molar-refractivity contribution is 6.74. The van der Waals surface area contributed by atoms with Gasteiger partial charge in [-0.15, -0.1) is 0 Å². The summed E-state index contributed by atoms with van der Waals surface area (Å²) in [5.74, 6) is 0.203. The summed E-state index contributed by atoms with van der Waals surface area (Å²) in [6.45, 7) is 15.6. The van der Waals surface area contributed by atoms with Gasteiger partial charge in [0.1, 0.15) is 0 Å². The van der Waals surface area contributed by atoms with Crippen LogP contribution < -0.4 is 0 Å². The molecule has 0 amide bonds. The lowest BCUT2D eigenvalue weighted by molar-refractivity contribution is -0.0439. The van der Waals surface area contributed by atoms with E-state index in [1.54, 1.807) is 14.0 Å². The van der Waals surface area contributed by atoms with Gasteiger partial charge in [-0.05, 0) is 25.1 Å². The molecular formula is C13H30O3Si. The smallest absolute Gasteiger partial charge is 0.191 e. The summed E-state index contributed by atoms with van der Waals surface area (Å²) >= 11 is 0. The number of hydrogen-bond donors (Lipinski definition) is 1. The molecule has 17 heavy (non-hydrogen) atoms. The van der Waals surface area contributed by atoms with Crippen molar-refractivity contribution >= 4 is 8.32 Å². The van der Waals surface area contributed by atoms with Crippen LogP contribution in [0.25, 0.3) is 0 Å². The number of aliphatic hydroxyl groups is 1. The van der Waals surface area contributed by atoms with Gasteiger partial charge in [0.05, 0.1) is 12.2 Å². The van der Waals surface area contributed by atoms with E-state index in [-0.39, 0.29) is 17.1 Å². The Hall–Kier alpha value is 0.0969. The maximum atomic E-state index is 9.60. The van der Waals surface area contributed by atoms with Gasteiger partial charge >= 0.3 is 0 Å². The number of methoxy groups -OCH3 is 1. The Balaban J connectivity index is 4.38. The molecule has 0 aliphatic rings. The second-order valence-corrected chi connectivity index (χ2v) is 11.3. The van der Waals surface area contributed by atoms with E-state index < -0.39 is 14.4 Å². The van der Waals surface area contributed by atoms with Crippen molar-refractivity contribution < 1.29 is 14.3 Å². The minimum absolute atomic E-state index is 0.153. The molecular weight excluding hydrogens is 232 g/mol. The fourth-order valence-electron chi connectivity index (χ4n) is 1.56. The molecule has 0 aromatic carbocycles. The molecule has 0 aliphatic carbocycles. The first kappa shape index (κ1) is 17.1. The summed E-state index contributed by atoms with van der Waals surface area (Å²) in [6, 6.07) is 0. The second-order valence-electron chi connectivity index (χ2n) is 6.49. The molecule has 3 atom stereocenters. The van der Waals surface area contributed by atoms with Crippen molar-refractivity contribution in [1.82, 2.24) is 0 Å². The number of ether oxygens (including phenoxy) is 1. The lowest BCUT2D eigenvalue weighted by Gasteiger charge is -2.38. The third-order valence-corrected chi connectivity index (χ3v) is 8.32. The minimum Gasteiger partial charge on any atom is -0.416 e. The van der Waals surface area contributed by atoms with Crippen LogP contribution in [-0.2, 0) is 9.16 Å². The Morgan fingerprint density at radius 1 is 1.18 bits per heavy atom. The molecule has 0 saturated carbocycles. The van der Waals surface area contributed by atoms with Gasteiger partial charge in [0.2, 0.25) is 0 Å². The third kappa shape index (κ3) is 5.08. The lowest BCUT2D eigenvalue weighted by atomic mass is 10.0. The maximum absolute atomic E-state index is 9.60. The van der Waals surface area contributed by atoms with Crippen LogP contribution >= 0.6 is 0 Å². The third-order valence-electron chi connectivity index (χ3n) is 3.82. The zero-order valence-corrected chi connectivity index (χ0v) is 13.7. The highest BCUT2D eigenvalue weighted by Gasteiger charge is 2.38. The number of aliphatic hydroxyl groups excluding tert-OH is 1. The number of rotatable bonds is 6. The van der Waals surface area contributed by atoms with E-state index in [1.807, 2.05) is 0 Å². The molecule has 4 heteroatoms. The molecule has 0 aromatic heterocycles. The largest absolute Gasteiger partial charge is 0.416 e. The molecule has 1 N–H and O–H groups in total. The van der Waals surface area contributed by atoms with Gasteiger partial charge in [-0.25, -0.2) is 0 Å². The Kier molecular flexibility index (Phi) is 6.35. The Morgan fingerprint density at radius 3 is 1.94 bits per heavy atom. The highest BCUT2D eigenvalue weighted by atomic mass is 28.4. The highest BCUT2D eigenvalue weighted by Crippen LogP contribution is 2.36. The van der Waals surface area contributed by atoms with E-state index in [0.717, 1.165) is 0 Å². The van der Waals surface area contributed by atoms with Gasteiger partial charge < -0.3 is 14.3 Å². The Labute approximate surface area is 108 Å². The summed E-state index contributed by atoms with van der Waals surface area (Å²) < 4.78 is 11.4. The van der Waals surface area contributed by atoms with Crippen LogP contribution in [-0.4, -0.2) is 39.3 Å². The first-order chi connectivity index (χ1) is 7.53. The van der Waals surface area contributed by atoms with Crippen LogP contribution in [0.5, 0.6) is 0 Å². The average Bonchev–Trinajstić information content (AvgIpc) is 2.13. The normalized spacial score (nSPS) is 18.9. The van der Waals surface area contributed by atoms with E-state index in [2.05, 4.69) is 40.8 Å². The van der Waals surface area contributed by atoms with Crippen molar-refractivity contribution in [2.45, 2.75) is 65.0 Å². The van der Waals surface area contributed by atoms with Gasteiger partial charge in [-0.1, -0.05) is 27.7 Å². The molecule has 0 unspecified atom stereocenters. The van der Waals surface area contributed by atoms with E-state index in [0.29, 0.717) is 6.61 Å². The molecule has 0 rings (SSSR count). The second kappa shape index (κ2) is 6.32. The molecule has 0 aliphatic heterocycles. The summed E-state index contributed by atoms with van der Waals surface area (Å²) in [6.07, 6.45) is -0.613. The van der Waals surface area contributed by atoms with Crippen LogP contribution in [0.4, 0.5) is 0 Å². The predicted octanol–water partition coefficient (Wildman–Crippen LogP) is 3.04. The van der Waals surface area contributed by atoms with Gasteiger partial charge in [-0.3, -0.25) is 0 Å². The van der Waals surface area contributed by atoms with Crippen molar-refractivity contribution in [2.75, 3.05) is 13.7 Å². The lowest BCUT2D eigenvalue weighted by Crippen LogP contribution is -2.44. The molecule has 0 radical (unpaired) electrons. The summed E-state index contributed by atoms with van der Waals surface area (Å²) in [7, 11) is -0.0592. The van der Waals surface area contributed by atoms with Crippen LogP contribution in [0.15, 0.2) is 0 Å². The zero-order valence-electron chi connectivity index (χ0n) is 12.7. The fourth-order valence-corrected chi connectivity index (χ4v) is 2.67. The van der Waals surface area contributed by atoms with Crippen LogP contribution in [0.2, 0.25) is 18.1 Å². The van der Waals surface area contributed by atoms with Crippen LogP contribution in [0, 0.1) is 5.92 Å². The summed E-state index contributed by atoms with van der Waals surface area (Å²) in [4.78, 5) is 0. The molecule has 0 fully saturated rings. The van der Waals surface area contributed by atoms with Gasteiger partial charge in [0.25, 0.3) is 0 Å². The molecule has 0 heterocycles. The van der Waals surface area contributed by atoms with Crippen molar-refractivity contribution in [3.63, 3.8) is 0 Å². The molecule has 0 bridgehead atoms. The molecule has 0 spiro atoms. The van der Waals surface area contributed by atoms with Gasteiger partial charge in [0, 0.05) is 19.6 Å². The predicted molar refractivity (Wildman–Crippen MR) is 74.8 cm³/mol. The van der Waals surface area contributed by atoms with Crippen molar-refractivity contribution in [1.29, 1.82) is 0 Å². The maximum Gasteiger partial charge on any atom is 0.191 e. The van der Waals surface area contributed by atoms with E-state index in [1.165, 1.54) is 0 Å². The summed E-state index contributed by atoms with van der Waals surface area (Å²) in [5.41, 5.74) is 0. The van der Waals surface area contributed by atoms with Gasteiger partial charge in [-0.2, -0.15) is 0 Å². The fraction of sp³-hybridized carbons (Fsp3) is 1.00. The van der Waals surface area contributed by atoms with Crippen molar-refractivity contribution in [3.8, 4) is 0 Å². The number of hydrogen-bond acceptors (Lipinski definition) is 3. The van der Waals surface area contributed by atoms with Crippen LogP contribution in [0.3, 0.4) is 0 Å². The van der Waals surface area contributed by atoms with Crippen LogP contribution in [0.1, 0.15) is 34.6 Å². The zero-order chi connectivity index (χ0) is 13.9. The Morgan fingerprint density at radius 2 is 1.65 bits per heavy atom. The monoisotopic (exact) mass is 262 g/mol. The first-order valence-electron chi connectivity index (χ1n) is 6.37. The standard InChI is InChI=1S/C13H30O3Si/c1-10(12(15-6)11(2)14)9-16-17(7,8)13(3,4)5/h10-12,14H,9H2,1-8H3/t10-,11-,12+/m0/s1. The van der Waals surface area contributed by atoms with Crippen molar-refractivity contribution in [3.05, 3.63) is 0 Å². The van der Waals surface area contributed by atoms with E-state index in [9.17, 15) is 5.11 Å². The minimum atomic E-state index is -1.70. The Bertz CT molecular complexity index is 221. The molecule has 0 aromatic rings. The average molecular weight is 262 g/mol. The quantitative estimate of drug-likeness (QED) is 0.748. The topological polar surface area (TPSA) is 38.7 Å². The van der Waals surface area contributed by atoms with Gasteiger partial charge in [0.15, 0.2) is 8.32 Å². The molecule has 0 saturated heterocycles. The van der Waals surface area contributed by atoms with E-state index >= 15 is 0 Å². The summed E-state index contributed by atoms with van der Waals surface area (Å²) in [5, 5.41) is 9.82. The van der Waals surface area contributed by atoms with E-state index in [4.69, 9.17) is 9.16 Å². The molecule has 104 valence electrons. The SMILES string of the molecule is CO[C@@H]([C@H](C)O)[C@@H](C)CO[Si](C)(C)C(C)(C)C. The first-order valence-corrected chi connectivity index (χ1v) is 9.28. The van der Waals surface area contributed by atoms with Crippen molar-refractivity contribution in [2.24, 2.45) is 5.92 Å².